The number of carboxylic acid groups (broad SMARTS) is 1. The second-order valence-electron chi connectivity index (χ2n) is 8.59. The lowest BCUT2D eigenvalue weighted by atomic mass is 10.0. The molecule has 0 radical (unpaired) electrons. The van der Waals surface area contributed by atoms with Crippen molar-refractivity contribution >= 4 is 29.0 Å². The third-order valence-corrected chi connectivity index (χ3v) is 6.06. The number of hydrogen-bond acceptors (Lipinski definition) is 7. The van der Waals surface area contributed by atoms with Crippen LogP contribution in [0.3, 0.4) is 0 Å². The van der Waals surface area contributed by atoms with Gasteiger partial charge < -0.3 is 25.8 Å². The van der Waals surface area contributed by atoms with Crippen LogP contribution in [0.25, 0.3) is 16.9 Å². The number of rotatable bonds is 12. The third-order valence-electron chi connectivity index (χ3n) is 6.06. The minimum absolute atomic E-state index is 0.0271. The predicted octanol–water partition coefficient (Wildman–Crippen LogP) is 3.78. The van der Waals surface area contributed by atoms with E-state index in [2.05, 4.69) is 25.9 Å². The zero-order chi connectivity index (χ0) is 27.9. The Balaban J connectivity index is 1.51. The molecule has 0 saturated carbocycles. The van der Waals surface area contributed by atoms with Crippen molar-refractivity contribution < 1.29 is 28.2 Å². The highest BCUT2D eigenvalue weighted by atomic mass is 19.2. The van der Waals surface area contributed by atoms with Crippen LogP contribution in [0.1, 0.15) is 29.3 Å². The highest BCUT2D eigenvalue weighted by molar-refractivity contribution is 5.96. The van der Waals surface area contributed by atoms with Crippen molar-refractivity contribution in [3.8, 4) is 17.0 Å². The zero-order valence-corrected chi connectivity index (χ0v) is 21.4. The molecule has 0 fully saturated rings. The van der Waals surface area contributed by atoms with Gasteiger partial charge >= 0.3 is 5.97 Å². The molecule has 0 bridgehead atoms. The number of fused-ring (bicyclic) bond motifs is 1. The quantitative estimate of drug-likeness (QED) is 0.201. The first-order chi connectivity index (χ1) is 18.8. The van der Waals surface area contributed by atoms with Crippen molar-refractivity contribution in [2.75, 3.05) is 32.1 Å². The molecule has 0 aliphatic rings. The van der Waals surface area contributed by atoms with Crippen molar-refractivity contribution in [1.82, 2.24) is 25.0 Å². The Labute approximate surface area is 223 Å². The lowest BCUT2D eigenvalue weighted by Crippen LogP contribution is -2.29. The van der Waals surface area contributed by atoms with Crippen LogP contribution in [0.5, 0.6) is 5.75 Å². The molecule has 2 aromatic heterocycles. The van der Waals surface area contributed by atoms with Gasteiger partial charge in [0.15, 0.2) is 23.0 Å². The second-order valence-corrected chi connectivity index (χ2v) is 8.59. The van der Waals surface area contributed by atoms with Crippen LogP contribution in [0, 0.1) is 11.6 Å². The first-order valence-electron chi connectivity index (χ1n) is 12.3. The molecule has 4 aromatic rings. The lowest BCUT2D eigenvalue weighted by molar-refractivity contribution is -0.135. The Morgan fingerprint density at radius 2 is 1.92 bits per heavy atom. The number of carboxylic acids is 1. The van der Waals surface area contributed by atoms with Crippen LogP contribution >= 0.6 is 0 Å². The SMILES string of the molecule is CCc1cc(Nc2nccn3c(-c4ccc(OC)c(F)c4F)cnc23)ccc1C(=O)NCCCNCC(=O)O. The second kappa shape index (κ2) is 12.3. The Hall–Kier alpha value is -4.58. The first kappa shape index (κ1) is 27.5. The maximum atomic E-state index is 14.8. The molecule has 0 saturated heterocycles. The average molecular weight is 539 g/mol. The number of anilines is 2. The van der Waals surface area contributed by atoms with Gasteiger partial charge in [0.1, 0.15) is 0 Å². The number of benzene rings is 2. The van der Waals surface area contributed by atoms with Crippen molar-refractivity contribution in [3.05, 3.63) is 71.7 Å². The fraction of sp³-hybridized carbons (Fsp3) is 0.259. The molecule has 1 amide bonds. The van der Waals surface area contributed by atoms with Gasteiger partial charge in [-0.05, 0) is 55.3 Å². The van der Waals surface area contributed by atoms with Gasteiger partial charge in [-0.25, -0.2) is 14.4 Å². The van der Waals surface area contributed by atoms with E-state index in [4.69, 9.17) is 9.84 Å². The van der Waals surface area contributed by atoms with E-state index in [0.29, 0.717) is 54.3 Å². The summed E-state index contributed by atoms with van der Waals surface area (Å²) in [5, 5.41) is 17.5. The van der Waals surface area contributed by atoms with E-state index in [1.807, 2.05) is 13.0 Å². The molecule has 0 aliphatic carbocycles. The molecular weight excluding hydrogens is 510 g/mol. The van der Waals surface area contributed by atoms with Crippen LogP contribution in [-0.2, 0) is 11.2 Å². The van der Waals surface area contributed by atoms with Gasteiger partial charge in [-0.1, -0.05) is 6.92 Å². The van der Waals surface area contributed by atoms with Gasteiger partial charge in [0.05, 0.1) is 25.5 Å². The maximum Gasteiger partial charge on any atom is 0.317 e. The summed E-state index contributed by atoms with van der Waals surface area (Å²) >= 11 is 0. The predicted molar refractivity (Wildman–Crippen MR) is 141 cm³/mol. The van der Waals surface area contributed by atoms with Gasteiger partial charge in [0.25, 0.3) is 5.91 Å². The molecule has 10 nitrogen and oxygen atoms in total. The number of hydrogen-bond donors (Lipinski definition) is 4. The van der Waals surface area contributed by atoms with E-state index in [1.54, 1.807) is 22.7 Å². The van der Waals surface area contributed by atoms with E-state index >= 15 is 0 Å². The fourth-order valence-electron chi connectivity index (χ4n) is 4.12. The molecule has 0 atom stereocenters. The molecular formula is C27H28F2N6O4. The van der Waals surface area contributed by atoms with Gasteiger partial charge in [-0.2, -0.15) is 4.39 Å². The minimum atomic E-state index is -1.08. The van der Waals surface area contributed by atoms with E-state index in [1.165, 1.54) is 31.6 Å². The monoisotopic (exact) mass is 538 g/mol. The van der Waals surface area contributed by atoms with Gasteiger partial charge in [0.2, 0.25) is 5.82 Å². The zero-order valence-electron chi connectivity index (χ0n) is 21.4. The number of imidazole rings is 1. The van der Waals surface area contributed by atoms with Crippen LogP contribution in [0.4, 0.5) is 20.3 Å². The number of methoxy groups -OCH3 is 1. The summed E-state index contributed by atoms with van der Waals surface area (Å²) in [4.78, 5) is 32.0. The highest BCUT2D eigenvalue weighted by Gasteiger charge is 2.19. The molecule has 2 heterocycles. The number of nitrogens with zero attached hydrogens (tertiary/aromatic N) is 3. The molecule has 0 spiro atoms. The van der Waals surface area contributed by atoms with Crippen molar-refractivity contribution in [2.45, 2.75) is 19.8 Å². The summed E-state index contributed by atoms with van der Waals surface area (Å²) in [6, 6.07) is 8.09. The van der Waals surface area contributed by atoms with Crippen molar-refractivity contribution in [3.63, 3.8) is 0 Å². The van der Waals surface area contributed by atoms with E-state index in [0.717, 1.165) is 5.56 Å². The molecule has 4 rings (SSSR count). The van der Waals surface area contributed by atoms with Crippen LogP contribution in [0.15, 0.2) is 48.9 Å². The summed E-state index contributed by atoms with van der Waals surface area (Å²) in [5.74, 6) is -3.06. The number of halogens is 2. The van der Waals surface area contributed by atoms with E-state index in [-0.39, 0.29) is 23.8 Å². The van der Waals surface area contributed by atoms with Crippen LogP contribution in [-0.4, -0.2) is 58.1 Å². The van der Waals surface area contributed by atoms with Crippen molar-refractivity contribution in [1.29, 1.82) is 0 Å². The standard InChI is InChI=1S/C27H28F2N6O4/c1-3-16-13-17(5-6-18(16)27(38)32-10-4-9-30-15-22(36)37)34-25-26-33-14-20(35(26)12-11-31-25)19-7-8-21(39-2)24(29)23(19)28/h5-8,11-14,30H,3-4,9-10,15H2,1-2H3,(H,31,34)(H,32,38)(H,36,37). The Morgan fingerprint density at radius 3 is 2.67 bits per heavy atom. The summed E-state index contributed by atoms with van der Waals surface area (Å²) in [7, 11) is 1.27. The van der Waals surface area contributed by atoms with Gasteiger partial charge in [-0.3, -0.25) is 14.0 Å². The fourth-order valence-corrected chi connectivity index (χ4v) is 4.12. The van der Waals surface area contributed by atoms with Crippen LogP contribution < -0.4 is 20.7 Å². The number of aromatic nitrogens is 3. The number of carbonyl (C=O) groups excluding carboxylic acids is 1. The molecule has 0 unspecified atom stereocenters. The minimum Gasteiger partial charge on any atom is -0.494 e. The normalized spacial score (nSPS) is 11.0. The highest BCUT2D eigenvalue weighted by Crippen LogP contribution is 2.31. The number of amides is 1. The topological polar surface area (TPSA) is 130 Å². The van der Waals surface area contributed by atoms with Gasteiger partial charge in [-0.15, -0.1) is 0 Å². The Bertz CT molecular complexity index is 1510. The number of aliphatic carboxylic acids is 1. The third kappa shape index (κ3) is 6.12. The Kier molecular flexibility index (Phi) is 8.67. The largest absolute Gasteiger partial charge is 0.494 e. The smallest absolute Gasteiger partial charge is 0.317 e. The average Bonchev–Trinajstić information content (AvgIpc) is 3.36. The molecule has 204 valence electrons. The molecule has 39 heavy (non-hydrogen) atoms. The molecule has 12 heteroatoms. The van der Waals surface area contributed by atoms with Gasteiger partial charge in [0, 0.05) is 35.8 Å². The summed E-state index contributed by atoms with van der Waals surface area (Å²) < 4.78 is 35.5. The number of ether oxygens (including phenoxy) is 1. The maximum absolute atomic E-state index is 14.8. The number of aryl methyl sites for hydroxylation is 1. The number of carbonyl (C=O) groups is 2. The molecule has 0 aliphatic heterocycles. The van der Waals surface area contributed by atoms with E-state index in [9.17, 15) is 18.4 Å². The summed E-state index contributed by atoms with van der Waals surface area (Å²) in [5.41, 5.74) is 2.79. The molecule has 2 aromatic carbocycles. The van der Waals surface area contributed by atoms with E-state index < -0.39 is 17.6 Å². The van der Waals surface area contributed by atoms with Crippen molar-refractivity contribution in [2.24, 2.45) is 0 Å². The number of nitrogens with one attached hydrogen (secondary N) is 3. The molecule has 4 N–H and O–H groups in total. The summed E-state index contributed by atoms with van der Waals surface area (Å²) in [6.45, 7) is 2.70. The first-order valence-corrected chi connectivity index (χ1v) is 12.3. The van der Waals surface area contributed by atoms with Crippen LogP contribution in [0.2, 0.25) is 0 Å². The summed E-state index contributed by atoms with van der Waals surface area (Å²) in [6.07, 6.45) is 5.76. The lowest BCUT2D eigenvalue weighted by Gasteiger charge is -2.13. The Morgan fingerprint density at radius 1 is 1.10 bits per heavy atom.